The molecule has 7 nitrogen and oxygen atoms in total. The van der Waals surface area contributed by atoms with Gasteiger partial charge >= 0.3 is 0 Å². The number of amides is 2. The Kier molecular flexibility index (Phi) is 6.52. The van der Waals surface area contributed by atoms with Gasteiger partial charge in [-0.3, -0.25) is 9.59 Å². The highest BCUT2D eigenvalue weighted by Crippen LogP contribution is 2.33. The third kappa shape index (κ3) is 5.11. The molecule has 1 saturated carbocycles. The van der Waals surface area contributed by atoms with Gasteiger partial charge in [0.1, 0.15) is 17.6 Å². The van der Waals surface area contributed by atoms with E-state index in [1.54, 1.807) is 42.2 Å². The Bertz CT molecular complexity index is 875. The van der Waals surface area contributed by atoms with E-state index in [0.717, 1.165) is 31.4 Å². The fraction of sp³-hybridized carbons (Fsp3) is 0.500. The van der Waals surface area contributed by atoms with Crippen molar-refractivity contribution in [2.75, 3.05) is 26.7 Å². The third-order valence-electron chi connectivity index (χ3n) is 5.56. The molecule has 2 amide bonds. The van der Waals surface area contributed by atoms with Gasteiger partial charge in [-0.15, -0.1) is 11.3 Å². The number of methoxy groups -OCH3 is 1. The molecule has 2 aromatic rings. The lowest BCUT2D eigenvalue weighted by Crippen LogP contribution is -2.42. The van der Waals surface area contributed by atoms with Crippen LogP contribution in [0.15, 0.2) is 29.1 Å². The monoisotopic (exact) mass is 429 g/mol. The van der Waals surface area contributed by atoms with Crippen LogP contribution < -0.4 is 14.8 Å². The summed E-state index contributed by atoms with van der Waals surface area (Å²) in [6, 6.07) is 5.29. The summed E-state index contributed by atoms with van der Waals surface area (Å²) in [7, 11) is 1.58. The topological polar surface area (TPSA) is 80.8 Å². The number of nitrogens with zero attached hydrogens (tertiary/aromatic N) is 2. The number of carbonyl (C=O) groups is 2. The number of hydrogen-bond acceptors (Lipinski definition) is 6. The molecule has 0 unspecified atom stereocenters. The van der Waals surface area contributed by atoms with Crippen molar-refractivity contribution in [1.29, 1.82) is 0 Å². The zero-order valence-electron chi connectivity index (χ0n) is 17.1. The van der Waals surface area contributed by atoms with Crippen LogP contribution in [0.5, 0.6) is 11.5 Å². The lowest BCUT2D eigenvalue weighted by Gasteiger charge is -2.32. The van der Waals surface area contributed by atoms with Gasteiger partial charge in [0.25, 0.3) is 5.91 Å². The van der Waals surface area contributed by atoms with Crippen molar-refractivity contribution in [2.24, 2.45) is 5.92 Å². The minimum atomic E-state index is -0.194. The molecule has 1 aromatic heterocycles. The van der Waals surface area contributed by atoms with Crippen LogP contribution >= 0.6 is 11.3 Å². The number of ether oxygens (including phenoxy) is 2. The molecule has 0 spiro atoms. The first kappa shape index (κ1) is 20.7. The smallest absolute Gasteiger partial charge is 0.255 e. The first-order valence-electron chi connectivity index (χ1n) is 10.4. The van der Waals surface area contributed by atoms with E-state index in [1.807, 2.05) is 10.3 Å². The molecule has 1 aliphatic carbocycles. The van der Waals surface area contributed by atoms with Crippen LogP contribution in [-0.4, -0.2) is 54.5 Å². The van der Waals surface area contributed by atoms with Gasteiger partial charge in [0.2, 0.25) is 5.91 Å². The summed E-state index contributed by atoms with van der Waals surface area (Å²) in [6.45, 7) is 1.93. The Morgan fingerprint density at radius 2 is 2.03 bits per heavy atom. The molecule has 1 N–H and O–H groups in total. The number of benzene rings is 1. The summed E-state index contributed by atoms with van der Waals surface area (Å²) in [5.41, 5.74) is 3.22. The average molecular weight is 430 g/mol. The summed E-state index contributed by atoms with van der Waals surface area (Å²) in [5, 5.41) is 4.92. The molecule has 1 aliphatic heterocycles. The highest BCUT2D eigenvalue weighted by Gasteiger charge is 2.35. The second kappa shape index (κ2) is 9.47. The maximum absolute atomic E-state index is 12.8. The molecule has 160 valence electrons. The van der Waals surface area contributed by atoms with E-state index in [-0.39, 0.29) is 23.8 Å². The fourth-order valence-corrected chi connectivity index (χ4v) is 4.23. The highest BCUT2D eigenvalue weighted by atomic mass is 32.1. The molecule has 0 atom stereocenters. The molecule has 4 rings (SSSR count). The van der Waals surface area contributed by atoms with Gasteiger partial charge in [-0.1, -0.05) is 0 Å². The van der Waals surface area contributed by atoms with Gasteiger partial charge in [0.05, 0.1) is 23.9 Å². The van der Waals surface area contributed by atoms with E-state index in [0.29, 0.717) is 43.1 Å². The van der Waals surface area contributed by atoms with E-state index < -0.39 is 0 Å². The summed E-state index contributed by atoms with van der Waals surface area (Å²) in [5.74, 6) is 1.51. The van der Waals surface area contributed by atoms with E-state index in [4.69, 9.17) is 9.47 Å². The van der Waals surface area contributed by atoms with Crippen LogP contribution in [0.4, 0.5) is 0 Å². The first-order chi connectivity index (χ1) is 14.6. The largest absolute Gasteiger partial charge is 0.497 e. The number of hydrogen-bond donors (Lipinski definition) is 1. The van der Waals surface area contributed by atoms with Gasteiger partial charge in [-0.2, -0.15) is 0 Å². The SMILES string of the molecule is COc1ccc(OC2CCN(C(=O)C3CC3)CC2)c(C(=O)NCCc2cscn2)c1. The second-order valence-electron chi connectivity index (χ2n) is 7.76. The summed E-state index contributed by atoms with van der Waals surface area (Å²) in [4.78, 5) is 31.2. The standard InChI is InChI=1S/C22H27N3O4S/c1-28-18-4-5-20(19(12-18)21(26)23-9-6-16-13-30-14-24-16)29-17-7-10-25(11-8-17)22(27)15-2-3-15/h4-5,12-15,17H,2-3,6-11H2,1H3,(H,23,26). The fourth-order valence-electron chi connectivity index (χ4n) is 3.64. The van der Waals surface area contributed by atoms with Gasteiger partial charge in [-0.05, 0) is 31.0 Å². The molecular formula is C22H27N3O4S. The number of nitrogens with one attached hydrogen (secondary N) is 1. The zero-order valence-corrected chi connectivity index (χ0v) is 18.0. The molecule has 2 heterocycles. The molecule has 30 heavy (non-hydrogen) atoms. The van der Waals surface area contributed by atoms with E-state index in [2.05, 4.69) is 10.3 Å². The number of carbonyl (C=O) groups excluding carboxylic acids is 2. The van der Waals surface area contributed by atoms with Crippen molar-refractivity contribution in [1.82, 2.24) is 15.2 Å². The maximum atomic E-state index is 12.8. The van der Waals surface area contributed by atoms with Crippen molar-refractivity contribution in [3.8, 4) is 11.5 Å². The Hall–Kier alpha value is -2.61. The van der Waals surface area contributed by atoms with Crippen LogP contribution in [0.2, 0.25) is 0 Å². The molecule has 1 saturated heterocycles. The second-order valence-corrected chi connectivity index (χ2v) is 8.48. The minimum Gasteiger partial charge on any atom is -0.497 e. The third-order valence-corrected chi connectivity index (χ3v) is 6.19. The van der Waals surface area contributed by atoms with E-state index >= 15 is 0 Å². The number of aromatic nitrogens is 1. The predicted molar refractivity (Wildman–Crippen MR) is 114 cm³/mol. The summed E-state index contributed by atoms with van der Waals surface area (Å²) in [6.07, 6.45) is 4.28. The van der Waals surface area contributed by atoms with Crippen molar-refractivity contribution in [3.63, 3.8) is 0 Å². The molecular weight excluding hydrogens is 402 g/mol. The lowest BCUT2D eigenvalue weighted by atomic mass is 10.1. The summed E-state index contributed by atoms with van der Waals surface area (Å²) < 4.78 is 11.5. The van der Waals surface area contributed by atoms with Gasteiger partial charge in [0.15, 0.2) is 0 Å². The molecule has 2 fully saturated rings. The number of rotatable bonds is 8. The van der Waals surface area contributed by atoms with Gasteiger partial charge in [-0.25, -0.2) is 4.98 Å². The zero-order chi connectivity index (χ0) is 20.9. The Balaban J connectivity index is 1.36. The van der Waals surface area contributed by atoms with E-state index in [1.165, 1.54) is 0 Å². The van der Waals surface area contributed by atoms with E-state index in [9.17, 15) is 9.59 Å². The van der Waals surface area contributed by atoms with Crippen molar-refractivity contribution in [3.05, 3.63) is 40.3 Å². The van der Waals surface area contributed by atoms with Crippen molar-refractivity contribution in [2.45, 2.75) is 38.2 Å². The Morgan fingerprint density at radius 3 is 2.70 bits per heavy atom. The van der Waals surface area contributed by atoms with Crippen LogP contribution in [0, 0.1) is 5.92 Å². The number of piperidine rings is 1. The maximum Gasteiger partial charge on any atom is 0.255 e. The molecule has 1 aromatic carbocycles. The van der Waals surface area contributed by atoms with Crippen molar-refractivity contribution < 1.29 is 19.1 Å². The minimum absolute atomic E-state index is 0.0109. The predicted octanol–water partition coefficient (Wildman–Crippen LogP) is 2.90. The molecule has 0 radical (unpaired) electrons. The van der Waals surface area contributed by atoms with Crippen LogP contribution in [0.1, 0.15) is 41.7 Å². The van der Waals surface area contributed by atoms with Crippen LogP contribution in [0.25, 0.3) is 0 Å². The summed E-state index contributed by atoms with van der Waals surface area (Å²) >= 11 is 1.54. The molecule has 0 bridgehead atoms. The van der Waals surface area contributed by atoms with Crippen molar-refractivity contribution >= 4 is 23.2 Å². The van der Waals surface area contributed by atoms with Crippen LogP contribution in [0.3, 0.4) is 0 Å². The molecule has 8 heteroatoms. The Morgan fingerprint density at radius 1 is 1.23 bits per heavy atom. The van der Waals surface area contributed by atoms with Gasteiger partial charge in [0, 0.05) is 50.2 Å². The molecule has 2 aliphatic rings. The normalized spacial score (nSPS) is 16.9. The average Bonchev–Trinajstić information content (AvgIpc) is 3.50. The Labute approximate surface area is 180 Å². The highest BCUT2D eigenvalue weighted by molar-refractivity contribution is 7.07. The number of thiazole rings is 1. The number of likely N-dealkylation sites (tertiary alicyclic amines) is 1. The first-order valence-corrected chi connectivity index (χ1v) is 11.4. The lowest BCUT2D eigenvalue weighted by molar-refractivity contribution is -0.134. The van der Waals surface area contributed by atoms with Crippen LogP contribution in [-0.2, 0) is 11.2 Å². The van der Waals surface area contributed by atoms with Gasteiger partial charge < -0.3 is 19.7 Å². The quantitative estimate of drug-likeness (QED) is 0.698.